The van der Waals surface area contributed by atoms with Gasteiger partial charge in [0.25, 0.3) is 0 Å². The van der Waals surface area contributed by atoms with Crippen molar-refractivity contribution in [2.75, 3.05) is 0 Å². The average Bonchev–Trinajstić information content (AvgIpc) is 1.54. The quantitative estimate of drug-likeness (QED) is 0.163. The average molecular weight is 693 g/mol. The summed E-state index contributed by atoms with van der Waals surface area (Å²) in [5, 5.41) is 0. The summed E-state index contributed by atoms with van der Waals surface area (Å²) in [5.74, 6) is 0. The van der Waals surface area contributed by atoms with E-state index in [0.717, 1.165) is 0 Å². The van der Waals surface area contributed by atoms with Crippen molar-refractivity contribution in [1.29, 1.82) is 0 Å². The molecule has 0 unspecified atom stereocenters. The Kier molecular flexibility index (Phi) is 39.5. The number of halogens is 3. The van der Waals surface area contributed by atoms with E-state index in [1.807, 2.05) is 0 Å². The van der Waals surface area contributed by atoms with Gasteiger partial charge in [-0.25, -0.2) is 0 Å². The molecule has 13 heavy (non-hydrogen) atoms. The molecule has 0 heterocycles. The molecule has 9 nitrogen and oxygen atoms in total. The van der Waals surface area contributed by atoms with Crippen LogP contribution >= 0.6 is 0 Å². The van der Waals surface area contributed by atoms with E-state index in [-0.39, 0.29) is 37.7 Å². The zero-order chi connectivity index (χ0) is 10.7. The molecule has 89 valence electrons. The summed E-state index contributed by atoms with van der Waals surface area (Å²) < 4.78 is 73.4. The van der Waals surface area contributed by atoms with Crippen molar-refractivity contribution >= 4 is 0 Å². The summed E-state index contributed by atoms with van der Waals surface area (Å²) in [7, 11) is 0. The summed E-state index contributed by atoms with van der Waals surface area (Å²) in [6, 6.07) is 0. The van der Waals surface area contributed by atoms with Gasteiger partial charge in [0.15, 0.2) is 0 Å². The standard InChI is InChI=1S/Ho.3HIO3/c;3*2-1(3)4/h;3*2H. The van der Waals surface area contributed by atoms with Crippen molar-refractivity contribution in [3.63, 3.8) is 0 Å². The zero-order valence-electron chi connectivity index (χ0n) is 5.23. The third-order valence-corrected chi connectivity index (χ3v) is 0. The molecule has 0 atom stereocenters. The first kappa shape index (κ1) is 25.1. The van der Waals surface area contributed by atoms with E-state index < -0.39 is 63.2 Å². The van der Waals surface area contributed by atoms with E-state index in [9.17, 15) is 0 Å². The fourth-order valence-electron chi connectivity index (χ4n) is 0. The van der Waals surface area contributed by atoms with Gasteiger partial charge in [0.05, 0.1) is 0 Å². The first-order valence-corrected chi connectivity index (χ1v) is 9.61. The minimum absolute atomic E-state index is 0. The van der Waals surface area contributed by atoms with Crippen LogP contribution in [0.25, 0.3) is 0 Å². The van der Waals surface area contributed by atoms with E-state index in [1.165, 1.54) is 0 Å². The Labute approximate surface area is 129 Å². The predicted octanol–water partition coefficient (Wildman–Crippen LogP) is -17.8. The maximum Gasteiger partial charge on any atom is 0.503 e. The summed E-state index contributed by atoms with van der Waals surface area (Å²) >= 11 is -11.3. The number of rotatable bonds is 0. The Hall–Kier alpha value is 3.09. The van der Waals surface area contributed by atoms with Crippen molar-refractivity contribution in [2.24, 2.45) is 0 Å². The molecule has 0 aromatic heterocycles. The summed E-state index contributed by atoms with van der Waals surface area (Å²) in [6.07, 6.45) is 0. The van der Waals surface area contributed by atoms with Crippen LogP contribution in [0.4, 0.5) is 0 Å². The molecule has 0 rings (SSSR count). The summed E-state index contributed by atoms with van der Waals surface area (Å²) in [6.45, 7) is 0. The second kappa shape index (κ2) is 20.5. The third-order valence-electron chi connectivity index (χ3n) is 0. The molecule has 0 saturated carbocycles. The third kappa shape index (κ3) is 271. The molecule has 0 bridgehead atoms. The van der Waals surface area contributed by atoms with E-state index in [4.69, 9.17) is 30.9 Å². The van der Waals surface area contributed by atoms with Crippen molar-refractivity contribution in [3.8, 4) is 0 Å². The summed E-state index contributed by atoms with van der Waals surface area (Å²) in [5.41, 5.74) is 0. The fourth-order valence-corrected chi connectivity index (χ4v) is 0. The van der Waals surface area contributed by atoms with Gasteiger partial charge in [-0.2, -0.15) is 0 Å². The molecular weight excluding hydrogens is 690 g/mol. The van der Waals surface area contributed by atoms with Crippen molar-refractivity contribution in [2.45, 2.75) is 0 Å². The van der Waals surface area contributed by atoms with Gasteiger partial charge in [0, 0.05) is 37.7 Å². The zero-order valence-corrected chi connectivity index (χ0v) is 13.6. The molecule has 13 heteroatoms. The van der Waals surface area contributed by atoms with Crippen molar-refractivity contribution in [1.82, 2.24) is 0 Å². The Morgan fingerprint density at radius 2 is 0.538 bits per heavy atom. The molecular formula is H3HoI3O9. The second-order valence-corrected chi connectivity index (χ2v) is 4.05. The van der Waals surface area contributed by atoms with Crippen LogP contribution in [0.2, 0.25) is 0 Å². The molecule has 0 spiro atoms. The Balaban J connectivity index is -0.0000000450. The number of hydrogen-bond acceptors (Lipinski definition) is 9. The van der Waals surface area contributed by atoms with E-state index in [1.54, 1.807) is 0 Å². The normalized spacial score (nSPS) is 8.31. The van der Waals surface area contributed by atoms with Gasteiger partial charge in [-0.15, -0.1) is 0 Å². The van der Waals surface area contributed by atoms with Crippen LogP contribution in [-0.2, 0) is 0 Å². The molecule has 1 radical (unpaired) electrons. The molecule has 0 aromatic carbocycles. The molecule has 3 N–H and O–H groups in total. The molecule has 0 fully saturated rings. The maximum atomic E-state index is 8.68. The molecule has 0 amide bonds. The van der Waals surface area contributed by atoms with Crippen LogP contribution < -0.4 is 83.8 Å². The van der Waals surface area contributed by atoms with Crippen LogP contribution in [0.3, 0.4) is 0 Å². The van der Waals surface area contributed by atoms with Gasteiger partial charge in [-0.1, -0.05) is 0 Å². The molecule has 0 aliphatic rings. The van der Waals surface area contributed by atoms with Gasteiger partial charge in [0.1, 0.15) is 0 Å². The van der Waals surface area contributed by atoms with Gasteiger partial charge < -0.3 is 20.6 Å². The van der Waals surface area contributed by atoms with Gasteiger partial charge in [-0.3, -0.25) is 0 Å². The van der Waals surface area contributed by atoms with E-state index in [2.05, 4.69) is 0 Å². The largest absolute Gasteiger partial charge is 0.503 e. The van der Waals surface area contributed by atoms with E-state index in [0.29, 0.717) is 0 Å². The minimum atomic E-state index is -3.76. The van der Waals surface area contributed by atoms with Crippen LogP contribution in [0.15, 0.2) is 0 Å². The maximum absolute atomic E-state index is 8.68. The first-order valence-electron chi connectivity index (χ1n) is 1.43. The SMILES string of the molecule is [Ho].[O-][I+2]([O-])O.[O-][I+2]([O-])O.[O-][I+2]([O-])O. The Morgan fingerprint density at radius 1 is 0.538 bits per heavy atom. The monoisotopic (exact) mass is 693 g/mol. The summed E-state index contributed by atoms with van der Waals surface area (Å²) in [4.78, 5) is 0. The molecule has 0 aromatic rings. The van der Waals surface area contributed by atoms with Gasteiger partial charge in [0.2, 0.25) is 0 Å². The van der Waals surface area contributed by atoms with Crippen molar-refractivity contribution in [3.05, 3.63) is 0 Å². The topological polar surface area (TPSA) is 199 Å². The Bertz CT molecular complexity index is 43.4. The van der Waals surface area contributed by atoms with Crippen LogP contribution in [-0.4, -0.2) is 10.3 Å². The van der Waals surface area contributed by atoms with Crippen LogP contribution in [0.1, 0.15) is 0 Å². The minimum Gasteiger partial charge on any atom is -0.396 e. The van der Waals surface area contributed by atoms with E-state index >= 15 is 0 Å². The number of hydrogen-bond donors (Lipinski definition) is 3. The van der Waals surface area contributed by atoms with Crippen LogP contribution in [0, 0.1) is 37.7 Å². The predicted molar refractivity (Wildman–Crippen MR) is 6.66 cm³/mol. The second-order valence-electron chi connectivity index (χ2n) is 0.603. The molecule has 0 saturated heterocycles. The van der Waals surface area contributed by atoms with Crippen LogP contribution in [0.5, 0.6) is 0 Å². The fraction of sp³-hybridized carbons (Fsp3) is 0. The Morgan fingerprint density at radius 3 is 0.538 bits per heavy atom. The van der Waals surface area contributed by atoms with Gasteiger partial charge >= 0.3 is 63.2 Å². The van der Waals surface area contributed by atoms with Crippen molar-refractivity contribution < 1.29 is 132 Å². The molecule has 0 aliphatic heterocycles. The first-order chi connectivity index (χ1) is 5.20. The van der Waals surface area contributed by atoms with Gasteiger partial charge in [-0.05, 0) is 10.3 Å². The molecule has 0 aliphatic carbocycles. The smallest absolute Gasteiger partial charge is 0.396 e.